The lowest BCUT2D eigenvalue weighted by Gasteiger charge is -2.33. The molecule has 0 saturated heterocycles. The van der Waals surface area contributed by atoms with E-state index in [-0.39, 0.29) is 6.03 Å². The number of carbonyl (C=O) groups is 1. The van der Waals surface area contributed by atoms with Crippen LogP contribution in [-0.2, 0) is 13.1 Å². The molecule has 0 bridgehead atoms. The molecule has 1 aliphatic rings. The van der Waals surface area contributed by atoms with Crippen LogP contribution in [0.3, 0.4) is 0 Å². The first-order valence-electron chi connectivity index (χ1n) is 12.1. The molecule has 6 rings (SSSR count). The molecule has 3 aromatic heterocycles. The van der Waals surface area contributed by atoms with E-state index in [1.807, 2.05) is 42.8 Å². The SMILES string of the molecule is C=C1c2c(nn(Cc3cccc4ccccc34)c2-c2ccncc2)N(Cc2c(C)noc2C)C(=O)N1C. The lowest BCUT2D eigenvalue weighted by molar-refractivity contribution is 0.229. The summed E-state index contributed by atoms with van der Waals surface area (Å²) in [5, 5.41) is 11.5. The van der Waals surface area contributed by atoms with E-state index in [0.29, 0.717) is 30.4 Å². The van der Waals surface area contributed by atoms with Gasteiger partial charge in [0.15, 0.2) is 5.82 Å². The third-order valence-electron chi connectivity index (χ3n) is 7.05. The van der Waals surface area contributed by atoms with Crippen LogP contribution in [-0.4, -0.2) is 37.9 Å². The second kappa shape index (κ2) is 8.74. The molecule has 8 heteroatoms. The minimum Gasteiger partial charge on any atom is -0.361 e. The van der Waals surface area contributed by atoms with E-state index in [2.05, 4.69) is 47.1 Å². The zero-order valence-electron chi connectivity index (χ0n) is 21.0. The standard InChI is InChI=1S/C29H26N6O2/c1-18-25(20(3)37-32-18)17-34-28-26(19(2)33(4)29(34)36)27(22-12-14-30-15-13-22)35(31-28)16-23-10-7-9-21-8-5-6-11-24(21)23/h5-15H,2,16-17H2,1,3-4H3. The lowest BCUT2D eigenvalue weighted by Crippen LogP contribution is -2.44. The molecule has 0 saturated carbocycles. The Morgan fingerprint density at radius 1 is 0.973 bits per heavy atom. The van der Waals surface area contributed by atoms with Crippen molar-refractivity contribution >= 4 is 28.3 Å². The number of hydrogen-bond acceptors (Lipinski definition) is 5. The molecular formula is C29H26N6O2. The van der Waals surface area contributed by atoms with E-state index < -0.39 is 0 Å². The molecule has 37 heavy (non-hydrogen) atoms. The van der Waals surface area contributed by atoms with Crippen molar-refractivity contribution in [2.75, 3.05) is 11.9 Å². The monoisotopic (exact) mass is 490 g/mol. The van der Waals surface area contributed by atoms with E-state index in [4.69, 9.17) is 9.62 Å². The molecule has 0 unspecified atom stereocenters. The van der Waals surface area contributed by atoms with Crippen LogP contribution in [0.2, 0.25) is 0 Å². The van der Waals surface area contributed by atoms with Crippen molar-refractivity contribution in [2.24, 2.45) is 0 Å². The van der Waals surface area contributed by atoms with Gasteiger partial charge in [-0.2, -0.15) is 5.10 Å². The fourth-order valence-corrected chi connectivity index (χ4v) is 5.00. The van der Waals surface area contributed by atoms with Gasteiger partial charge in [-0.05, 0) is 42.3 Å². The zero-order valence-corrected chi connectivity index (χ0v) is 21.0. The minimum atomic E-state index is -0.200. The maximum Gasteiger partial charge on any atom is 0.330 e. The van der Waals surface area contributed by atoms with Crippen LogP contribution in [0.15, 0.2) is 78.1 Å². The fourth-order valence-electron chi connectivity index (χ4n) is 5.00. The summed E-state index contributed by atoms with van der Waals surface area (Å²) in [7, 11) is 1.74. The van der Waals surface area contributed by atoms with Crippen molar-refractivity contribution in [3.05, 3.63) is 102 Å². The highest BCUT2D eigenvalue weighted by Gasteiger charge is 2.38. The van der Waals surface area contributed by atoms with Gasteiger partial charge in [-0.25, -0.2) is 4.79 Å². The first-order valence-corrected chi connectivity index (χ1v) is 12.1. The van der Waals surface area contributed by atoms with E-state index >= 15 is 0 Å². The maximum atomic E-state index is 13.5. The van der Waals surface area contributed by atoms with Gasteiger partial charge in [-0.3, -0.25) is 19.5 Å². The van der Waals surface area contributed by atoms with Crippen molar-refractivity contribution in [3.63, 3.8) is 0 Å². The average molecular weight is 491 g/mol. The van der Waals surface area contributed by atoms with E-state index in [1.54, 1.807) is 29.2 Å². The lowest BCUT2D eigenvalue weighted by atomic mass is 10.0. The zero-order chi connectivity index (χ0) is 25.7. The Kier molecular flexibility index (Phi) is 5.37. The number of anilines is 1. The normalized spacial score (nSPS) is 13.5. The first-order chi connectivity index (χ1) is 17.9. The van der Waals surface area contributed by atoms with E-state index in [9.17, 15) is 4.79 Å². The van der Waals surface area contributed by atoms with Crippen LogP contribution >= 0.6 is 0 Å². The highest BCUT2D eigenvalue weighted by molar-refractivity contribution is 6.05. The second-order valence-electron chi connectivity index (χ2n) is 9.26. The Morgan fingerprint density at radius 3 is 2.49 bits per heavy atom. The van der Waals surface area contributed by atoms with E-state index in [1.165, 1.54) is 10.8 Å². The van der Waals surface area contributed by atoms with Gasteiger partial charge < -0.3 is 4.52 Å². The quantitative estimate of drug-likeness (QED) is 0.311. The highest BCUT2D eigenvalue weighted by atomic mass is 16.5. The molecular weight excluding hydrogens is 464 g/mol. The molecule has 0 spiro atoms. The average Bonchev–Trinajstić information content (AvgIpc) is 3.45. The maximum absolute atomic E-state index is 13.5. The molecule has 0 aliphatic carbocycles. The number of urea groups is 1. The van der Waals surface area contributed by atoms with Crippen molar-refractivity contribution < 1.29 is 9.32 Å². The van der Waals surface area contributed by atoms with Crippen LogP contribution in [0.25, 0.3) is 27.7 Å². The van der Waals surface area contributed by atoms with Crippen LogP contribution in [0.1, 0.15) is 28.1 Å². The number of amides is 2. The topological polar surface area (TPSA) is 80.3 Å². The molecule has 5 aromatic rings. The Labute approximate surface area is 214 Å². The Hall–Kier alpha value is -4.72. The van der Waals surface area contributed by atoms with Crippen LogP contribution in [0.4, 0.5) is 10.6 Å². The van der Waals surface area contributed by atoms with E-state index in [0.717, 1.165) is 33.6 Å². The van der Waals surface area contributed by atoms with Crippen molar-refractivity contribution in [1.82, 2.24) is 24.8 Å². The number of benzene rings is 2. The molecule has 0 N–H and O–H groups in total. The molecule has 0 radical (unpaired) electrons. The second-order valence-corrected chi connectivity index (χ2v) is 9.26. The Bertz CT molecular complexity index is 1640. The van der Waals surface area contributed by atoms with Gasteiger partial charge in [0.25, 0.3) is 0 Å². The predicted octanol–water partition coefficient (Wildman–Crippen LogP) is 5.79. The Morgan fingerprint density at radius 2 is 1.73 bits per heavy atom. The molecule has 4 heterocycles. The number of nitrogens with zero attached hydrogens (tertiary/aromatic N) is 6. The summed E-state index contributed by atoms with van der Waals surface area (Å²) in [5.41, 5.74) is 6.02. The predicted molar refractivity (Wildman–Crippen MR) is 143 cm³/mol. The number of hydrogen-bond donors (Lipinski definition) is 0. The molecule has 184 valence electrons. The van der Waals surface area contributed by atoms with Gasteiger partial charge in [0.2, 0.25) is 0 Å². The first kappa shape index (κ1) is 22.7. The molecule has 0 atom stereocenters. The Balaban J connectivity index is 1.56. The number of aromatic nitrogens is 4. The van der Waals surface area contributed by atoms with Crippen molar-refractivity contribution in [3.8, 4) is 11.3 Å². The number of pyridine rings is 1. The number of aryl methyl sites for hydroxylation is 2. The van der Waals surface area contributed by atoms with Gasteiger partial charge >= 0.3 is 6.03 Å². The van der Waals surface area contributed by atoms with Gasteiger partial charge in [0, 0.05) is 30.6 Å². The smallest absolute Gasteiger partial charge is 0.330 e. The highest BCUT2D eigenvalue weighted by Crippen LogP contribution is 2.42. The summed E-state index contributed by atoms with van der Waals surface area (Å²) in [4.78, 5) is 21.0. The fraction of sp³-hybridized carbons (Fsp3) is 0.172. The van der Waals surface area contributed by atoms with Crippen LogP contribution in [0.5, 0.6) is 0 Å². The number of carbonyl (C=O) groups excluding carboxylic acids is 1. The van der Waals surface area contributed by atoms with Crippen molar-refractivity contribution in [1.29, 1.82) is 0 Å². The van der Waals surface area contributed by atoms with Gasteiger partial charge in [0.05, 0.1) is 35.7 Å². The van der Waals surface area contributed by atoms with Crippen LogP contribution < -0.4 is 4.90 Å². The number of fused-ring (bicyclic) bond motifs is 2. The molecule has 2 aromatic carbocycles. The summed E-state index contributed by atoms with van der Waals surface area (Å²) < 4.78 is 7.35. The summed E-state index contributed by atoms with van der Waals surface area (Å²) >= 11 is 0. The third kappa shape index (κ3) is 3.69. The van der Waals surface area contributed by atoms with Gasteiger partial charge in [-0.15, -0.1) is 0 Å². The van der Waals surface area contributed by atoms with Gasteiger partial charge in [0.1, 0.15) is 5.76 Å². The third-order valence-corrected chi connectivity index (χ3v) is 7.05. The molecule has 2 amide bonds. The summed E-state index contributed by atoms with van der Waals surface area (Å²) in [6.07, 6.45) is 3.53. The summed E-state index contributed by atoms with van der Waals surface area (Å²) in [5.74, 6) is 1.25. The molecule has 8 nitrogen and oxygen atoms in total. The summed E-state index contributed by atoms with van der Waals surface area (Å²) in [6.45, 7) is 8.85. The van der Waals surface area contributed by atoms with Crippen LogP contribution in [0, 0.1) is 13.8 Å². The molecule has 0 fully saturated rings. The minimum absolute atomic E-state index is 0.200. The molecule has 1 aliphatic heterocycles. The number of rotatable bonds is 5. The van der Waals surface area contributed by atoms with Gasteiger partial charge in [-0.1, -0.05) is 54.2 Å². The van der Waals surface area contributed by atoms with Crippen molar-refractivity contribution in [2.45, 2.75) is 26.9 Å². The largest absolute Gasteiger partial charge is 0.361 e. The summed E-state index contributed by atoms with van der Waals surface area (Å²) in [6, 6.07) is 18.3.